The molecule has 42 heavy (non-hydrogen) atoms. The van der Waals surface area contributed by atoms with E-state index in [0.29, 0.717) is 12.0 Å². The van der Waals surface area contributed by atoms with E-state index in [1.807, 2.05) is 13.8 Å². The van der Waals surface area contributed by atoms with Crippen molar-refractivity contribution in [2.75, 3.05) is 17.1 Å². The number of sulfonamides is 1. The van der Waals surface area contributed by atoms with Crippen LogP contribution < -0.4 is 20.9 Å². The lowest BCUT2D eigenvalue weighted by Crippen LogP contribution is -2.26. The Bertz CT molecular complexity index is 1750. The van der Waals surface area contributed by atoms with Gasteiger partial charge in [0, 0.05) is 36.0 Å². The molecule has 2 aromatic carbocycles. The molecule has 13 heteroatoms. The molecule has 5 rings (SSSR count). The highest BCUT2D eigenvalue weighted by molar-refractivity contribution is 7.92. The molecule has 1 aliphatic carbocycles. The van der Waals surface area contributed by atoms with Gasteiger partial charge < -0.3 is 16.2 Å². The molecule has 9 nitrogen and oxygen atoms in total. The van der Waals surface area contributed by atoms with Gasteiger partial charge in [0.2, 0.25) is 0 Å². The van der Waals surface area contributed by atoms with E-state index in [2.05, 4.69) is 14.8 Å². The summed E-state index contributed by atoms with van der Waals surface area (Å²) in [5.41, 5.74) is 13.5. The minimum atomic E-state index is -4.40. The van der Waals surface area contributed by atoms with Crippen molar-refractivity contribution < 1.29 is 21.9 Å². The van der Waals surface area contributed by atoms with Gasteiger partial charge in [-0.1, -0.05) is 11.6 Å². The van der Waals surface area contributed by atoms with Gasteiger partial charge in [-0.15, -0.1) is 0 Å². The minimum absolute atomic E-state index is 0.104. The molecule has 2 aromatic heterocycles. The van der Waals surface area contributed by atoms with Crippen molar-refractivity contribution in [2.24, 2.45) is 5.73 Å². The van der Waals surface area contributed by atoms with Crippen molar-refractivity contribution in [1.29, 1.82) is 0 Å². The second-order valence-corrected chi connectivity index (χ2v) is 12.8. The van der Waals surface area contributed by atoms with Crippen LogP contribution >= 0.6 is 11.6 Å². The Balaban J connectivity index is 1.58. The third kappa shape index (κ3) is 5.62. The Hall–Kier alpha value is -3.48. The molecule has 224 valence electrons. The molecule has 0 unspecified atom stereocenters. The van der Waals surface area contributed by atoms with Crippen LogP contribution in [0.4, 0.5) is 20.3 Å². The number of nitrogens with two attached hydrogens (primary N) is 2. The number of pyridine rings is 1. The largest absolute Gasteiger partial charge is 0.494 e. The van der Waals surface area contributed by atoms with Crippen molar-refractivity contribution in [3.8, 4) is 17.0 Å². The maximum atomic E-state index is 15.7. The van der Waals surface area contributed by atoms with Crippen LogP contribution in [0.1, 0.15) is 64.0 Å². The molecule has 5 N–H and O–H groups in total. The number of nitrogens with zero attached hydrogens (tertiary/aromatic N) is 3. The number of hydrogen-bond acceptors (Lipinski definition) is 7. The predicted molar refractivity (Wildman–Crippen MR) is 160 cm³/mol. The number of fused-ring (bicyclic) bond motifs is 1. The molecule has 2 heterocycles. The standard InChI is InChI=1S/C29H33ClF2N6O3S/c1-4-41-18-9-10-21(30)25(11-18)42(39,40)37-24-13-22(31)19(12-23(24)32)27-26-28(38(36-27)15(2)3)20(14-35-29(26)34)16-5-7-17(33)8-6-16/h9-17,37H,4-8,33H2,1-3H3,(H2,34,35). The molecule has 4 aromatic rings. The number of nitrogens with one attached hydrogen (secondary N) is 1. The zero-order chi connectivity index (χ0) is 30.3. The molecule has 0 amide bonds. The average Bonchev–Trinajstić information content (AvgIpc) is 3.34. The Kier molecular flexibility index (Phi) is 8.32. The third-order valence-electron chi connectivity index (χ3n) is 7.54. The number of nitrogen functional groups attached to an aromatic ring is 1. The van der Waals surface area contributed by atoms with Gasteiger partial charge >= 0.3 is 0 Å². The number of benzene rings is 2. The lowest BCUT2D eigenvalue weighted by molar-refractivity contribution is 0.339. The summed E-state index contributed by atoms with van der Waals surface area (Å²) >= 11 is 6.12. The summed E-state index contributed by atoms with van der Waals surface area (Å²) in [5.74, 6) is -1.33. The molecular formula is C29H33ClF2N6O3S. The Morgan fingerprint density at radius 3 is 2.52 bits per heavy atom. The molecule has 0 spiro atoms. The first-order valence-corrected chi connectivity index (χ1v) is 15.6. The van der Waals surface area contributed by atoms with E-state index in [4.69, 9.17) is 27.8 Å². The van der Waals surface area contributed by atoms with E-state index in [1.165, 1.54) is 18.2 Å². The van der Waals surface area contributed by atoms with Gasteiger partial charge in [0.05, 0.1) is 28.2 Å². The molecule has 1 fully saturated rings. The van der Waals surface area contributed by atoms with Gasteiger partial charge in [-0.25, -0.2) is 22.2 Å². The first-order valence-electron chi connectivity index (χ1n) is 13.8. The number of rotatable bonds is 8. The second kappa shape index (κ2) is 11.7. The van der Waals surface area contributed by atoms with Gasteiger partial charge in [-0.3, -0.25) is 9.40 Å². The number of halogens is 3. The number of anilines is 2. The monoisotopic (exact) mass is 618 g/mol. The van der Waals surface area contributed by atoms with E-state index in [1.54, 1.807) is 17.8 Å². The van der Waals surface area contributed by atoms with Gasteiger partial charge in [0.25, 0.3) is 10.0 Å². The highest BCUT2D eigenvalue weighted by Gasteiger charge is 2.29. The molecule has 0 radical (unpaired) electrons. The predicted octanol–water partition coefficient (Wildman–Crippen LogP) is 6.38. The fourth-order valence-corrected chi connectivity index (χ4v) is 7.04. The van der Waals surface area contributed by atoms with Crippen LogP contribution in [-0.4, -0.2) is 35.8 Å². The van der Waals surface area contributed by atoms with Gasteiger partial charge in [-0.05, 0) is 76.1 Å². The van der Waals surface area contributed by atoms with E-state index < -0.39 is 27.3 Å². The lowest BCUT2D eigenvalue weighted by Gasteiger charge is -2.27. The van der Waals surface area contributed by atoms with Gasteiger partial charge in [0.1, 0.15) is 33.8 Å². The molecule has 0 bridgehead atoms. The van der Waals surface area contributed by atoms with E-state index >= 15 is 8.78 Å². The van der Waals surface area contributed by atoms with Crippen LogP contribution in [0.5, 0.6) is 5.75 Å². The molecule has 0 aliphatic heterocycles. The van der Waals surface area contributed by atoms with Crippen molar-refractivity contribution in [2.45, 2.75) is 69.4 Å². The summed E-state index contributed by atoms with van der Waals surface area (Å²) in [6.45, 7) is 5.92. The topological polar surface area (TPSA) is 138 Å². The third-order valence-corrected chi connectivity index (χ3v) is 9.39. The average molecular weight is 619 g/mol. The van der Waals surface area contributed by atoms with Crippen LogP contribution in [0, 0.1) is 11.6 Å². The van der Waals surface area contributed by atoms with Crippen LogP contribution in [-0.2, 0) is 10.0 Å². The normalized spacial score (nSPS) is 17.6. The Labute approximate surface area is 248 Å². The second-order valence-electron chi connectivity index (χ2n) is 10.8. The lowest BCUT2D eigenvalue weighted by atomic mass is 9.82. The van der Waals surface area contributed by atoms with Crippen molar-refractivity contribution >= 4 is 44.0 Å². The van der Waals surface area contributed by atoms with Gasteiger partial charge in [0.15, 0.2) is 0 Å². The summed E-state index contributed by atoms with van der Waals surface area (Å²) < 4.78 is 66.7. The quantitative estimate of drug-likeness (QED) is 0.208. The first-order chi connectivity index (χ1) is 19.9. The SMILES string of the molecule is CCOc1ccc(Cl)c(S(=O)(=O)Nc2cc(F)c(-c3nn(C(C)C)c4c(C5CCC(N)CC5)cnc(N)c34)cc2F)c1. The summed E-state index contributed by atoms with van der Waals surface area (Å²) in [7, 11) is -4.40. The number of aromatic nitrogens is 3. The zero-order valence-electron chi connectivity index (χ0n) is 23.5. The Morgan fingerprint density at radius 1 is 1.14 bits per heavy atom. The maximum absolute atomic E-state index is 15.7. The molecule has 1 aliphatic rings. The highest BCUT2D eigenvalue weighted by atomic mass is 35.5. The van der Waals surface area contributed by atoms with Gasteiger partial charge in [-0.2, -0.15) is 5.10 Å². The summed E-state index contributed by atoms with van der Waals surface area (Å²) in [6.07, 6.45) is 5.23. The smallest absolute Gasteiger partial charge is 0.263 e. The molecule has 1 saturated carbocycles. The van der Waals surface area contributed by atoms with Crippen LogP contribution in [0.25, 0.3) is 22.2 Å². The Morgan fingerprint density at radius 2 is 1.86 bits per heavy atom. The van der Waals surface area contributed by atoms with Crippen LogP contribution in [0.15, 0.2) is 41.4 Å². The zero-order valence-corrected chi connectivity index (χ0v) is 25.1. The van der Waals surface area contributed by atoms with E-state index in [0.717, 1.165) is 48.9 Å². The summed E-state index contributed by atoms with van der Waals surface area (Å²) in [6, 6.07) is 5.80. The summed E-state index contributed by atoms with van der Waals surface area (Å²) in [4.78, 5) is 4.07. The first kappa shape index (κ1) is 30.0. The molecule has 0 atom stereocenters. The van der Waals surface area contributed by atoms with E-state index in [-0.39, 0.29) is 50.7 Å². The summed E-state index contributed by atoms with van der Waals surface area (Å²) in [5, 5.41) is 4.99. The molecular weight excluding hydrogens is 586 g/mol. The highest BCUT2D eigenvalue weighted by Crippen LogP contribution is 2.42. The molecule has 0 saturated heterocycles. The number of hydrogen-bond donors (Lipinski definition) is 3. The van der Waals surface area contributed by atoms with E-state index in [9.17, 15) is 8.42 Å². The van der Waals surface area contributed by atoms with Crippen molar-refractivity contribution in [1.82, 2.24) is 14.8 Å². The fourth-order valence-electron chi connectivity index (χ4n) is 5.46. The van der Waals surface area contributed by atoms with Crippen molar-refractivity contribution in [3.05, 3.63) is 58.7 Å². The minimum Gasteiger partial charge on any atom is -0.494 e. The maximum Gasteiger partial charge on any atom is 0.263 e. The van der Waals surface area contributed by atoms with Crippen LogP contribution in [0.2, 0.25) is 5.02 Å². The van der Waals surface area contributed by atoms with Crippen LogP contribution in [0.3, 0.4) is 0 Å². The fraction of sp³-hybridized carbons (Fsp3) is 0.379. The number of ether oxygens (including phenoxy) is 1. The van der Waals surface area contributed by atoms with Crippen molar-refractivity contribution in [3.63, 3.8) is 0 Å².